The predicted molar refractivity (Wildman–Crippen MR) is 82.0 cm³/mol. The molecule has 3 atom stereocenters. The van der Waals surface area contributed by atoms with E-state index in [9.17, 15) is 5.11 Å². The summed E-state index contributed by atoms with van der Waals surface area (Å²) in [6, 6.07) is 7.87. The van der Waals surface area contributed by atoms with E-state index in [4.69, 9.17) is 5.53 Å². The maximum absolute atomic E-state index is 9.35. The fourth-order valence-electron chi connectivity index (χ4n) is 3.01. The van der Waals surface area contributed by atoms with E-state index in [0.29, 0.717) is 6.42 Å². The largest absolute Gasteiger partial charge is 0.396 e. The summed E-state index contributed by atoms with van der Waals surface area (Å²) >= 11 is 0. The molecule has 1 heterocycles. The smallest absolute Gasteiger partial charge is 0.113 e. The molecule has 7 heteroatoms. The van der Waals surface area contributed by atoms with Crippen molar-refractivity contribution in [3.05, 3.63) is 46.5 Å². The van der Waals surface area contributed by atoms with Crippen molar-refractivity contribution in [2.45, 2.75) is 31.8 Å². The number of aliphatic hydroxyl groups is 1. The van der Waals surface area contributed by atoms with Crippen LogP contribution in [0.5, 0.6) is 0 Å². The van der Waals surface area contributed by atoms with Crippen LogP contribution in [0.3, 0.4) is 0 Å². The molecule has 114 valence electrons. The molecule has 0 bridgehead atoms. The van der Waals surface area contributed by atoms with Crippen molar-refractivity contribution in [1.29, 1.82) is 0 Å². The normalized spacial score (nSPS) is 24.2. The average molecular weight is 298 g/mol. The van der Waals surface area contributed by atoms with E-state index in [-0.39, 0.29) is 24.6 Å². The Bertz CT molecular complexity index is 688. The zero-order valence-corrected chi connectivity index (χ0v) is 12.4. The molecule has 1 aliphatic rings. The van der Waals surface area contributed by atoms with Gasteiger partial charge in [-0.3, -0.25) is 0 Å². The van der Waals surface area contributed by atoms with Crippen LogP contribution in [0, 0.1) is 12.8 Å². The van der Waals surface area contributed by atoms with Crippen LogP contribution in [-0.4, -0.2) is 32.7 Å². The van der Waals surface area contributed by atoms with Crippen molar-refractivity contribution in [2.24, 2.45) is 11.0 Å². The Kier molecular flexibility index (Phi) is 4.09. The summed E-state index contributed by atoms with van der Waals surface area (Å²) in [4.78, 5) is 2.92. The lowest BCUT2D eigenvalue weighted by Crippen LogP contribution is -2.17. The molecule has 0 spiro atoms. The molecule has 3 rings (SSSR count). The average Bonchev–Trinajstić information content (AvgIpc) is 3.15. The second-order valence-corrected chi connectivity index (χ2v) is 5.81. The number of benzene rings is 1. The van der Waals surface area contributed by atoms with Gasteiger partial charge in [-0.25, -0.2) is 4.68 Å². The fourth-order valence-corrected chi connectivity index (χ4v) is 3.01. The summed E-state index contributed by atoms with van der Waals surface area (Å²) in [5, 5.41) is 21.6. The summed E-state index contributed by atoms with van der Waals surface area (Å²) in [5.41, 5.74) is 11.7. The Labute approximate surface area is 128 Å². The molecule has 1 saturated carbocycles. The van der Waals surface area contributed by atoms with E-state index in [1.165, 1.54) is 5.56 Å². The van der Waals surface area contributed by atoms with Gasteiger partial charge in [0.05, 0.1) is 18.3 Å². The molecule has 0 radical (unpaired) electrons. The number of hydrogen-bond acceptors (Lipinski definition) is 4. The molecule has 0 amide bonds. The first-order valence-electron chi connectivity index (χ1n) is 7.35. The minimum Gasteiger partial charge on any atom is -0.396 e. The molecule has 2 aromatic rings. The third-order valence-electron chi connectivity index (χ3n) is 4.25. The Morgan fingerprint density at radius 1 is 1.36 bits per heavy atom. The van der Waals surface area contributed by atoms with E-state index < -0.39 is 0 Å². The van der Waals surface area contributed by atoms with E-state index >= 15 is 0 Å². The van der Waals surface area contributed by atoms with Gasteiger partial charge in [-0.1, -0.05) is 40.2 Å². The highest BCUT2D eigenvalue weighted by atomic mass is 16.3. The van der Waals surface area contributed by atoms with Gasteiger partial charge in [-0.05, 0) is 31.2 Å². The Morgan fingerprint density at radius 3 is 2.82 bits per heavy atom. The van der Waals surface area contributed by atoms with Crippen LogP contribution in [0.4, 0.5) is 0 Å². The highest BCUT2D eigenvalue weighted by Crippen LogP contribution is 2.37. The van der Waals surface area contributed by atoms with Crippen molar-refractivity contribution in [3.63, 3.8) is 0 Å². The predicted octanol–water partition coefficient (Wildman–Crippen LogP) is 2.88. The monoisotopic (exact) mass is 298 g/mol. The van der Waals surface area contributed by atoms with Gasteiger partial charge in [-0.15, -0.1) is 5.10 Å². The molecule has 1 aromatic heterocycles. The number of hydrogen-bond donors (Lipinski definition) is 1. The second kappa shape index (κ2) is 6.17. The highest BCUT2D eigenvalue weighted by Gasteiger charge is 2.35. The SMILES string of the molecule is Cc1ccc(-c2cn([C@H]3C[C@@H](CO)C[C@H]3N=[N+]=[N-])nn2)cc1. The lowest BCUT2D eigenvalue weighted by molar-refractivity contribution is 0.225. The zero-order valence-electron chi connectivity index (χ0n) is 12.4. The second-order valence-electron chi connectivity index (χ2n) is 5.81. The van der Waals surface area contributed by atoms with Crippen molar-refractivity contribution < 1.29 is 5.11 Å². The first-order chi connectivity index (χ1) is 10.7. The van der Waals surface area contributed by atoms with Gasteiger partial charge in [0, 0.05) is 17.1 Å². The van der Waals surface area contributed by atoms with Crippen LogP contribution in [0.1, 0.15) is 24.4 Å². The molecular formula is C15H18N6O. The lowest BCUT2D eigenvalue weighted by atomic mass is 10.1. The van der Waals surface area contributed by atoms with Crippen LogP contribution in [0.25, 0.3) is 21.7 Å². The molecule has 1 fully saturated rings. The van der Waals surface area contributed by atoms with Crippen molar-refractivity contribution in [2.75, 3.05) is 6.61 Å². The molecule has 0 aliphatic heterocycles. The molecule has 1 N–H and O–H groups in total. The molecule has 7 nitrogen and oxygen atoms in total. The summed E-state index contributed by atoms with van der Waals surface area (Å²) < 4.78 is 1.77. The van der Waals surface area contributed by atoms with Gasteiger partial charge in [0.15, 0.2) is 0 Å². The maximum Gasteiger partial charge on any atom is 0.113 e. The van der Waals surface area contributed by atoms with Crippen molar-refractivity contribution in [3.8, 4) is 11.3 Å². The van der Waals surface area contributed by atoms with Gasteiger partial charge in [-0.2, -0.15) is 0 Å². The fraction of sp³-hybridized carbons (Fsp3) is 0.467. The molecule has 1 aromatic carbocycles. The van der Waals surface area contributed by atoms with Crippen LogP contribution in [0.15, 0.2) is 35.6 Å². The minimum absolute atomic E-state index is 0.0419. The van der Waals surface area contributed by atoms with Crippen LogP contribution < -0.4 is 0 Å². The summed E-state index contributed by atoms with van der Waals surface area (Å²) in [7, 11) is 0. The number of rotatable bonds is 4. The number of aryl methyl sites for hydroxylation is 1. The van der Waals surface area contributed by atoms with E-state index in [0.717, 1.165) is 17.7 Å². The quantitative estimate of drug-likeness (QED) is 0.533. The van der Waals surface area contributed by atoms with Crippen LogP contribution in [-0.2, 0) is 0 Å². The third-order valence-corrected chi connectivity index (χ3v) is 4.25. The summed E-state index contributed by atoms with van der Waals surface area (Å²) in [6.45, 7) is 2.14. The first-order valence-corrected chi connectivity index (χ1v) is 7.35. The first kappa shape index (κ1) is 14.6. The van der Waals surface area contributed by atoms with Crippen molar-refractivity contribution in [1.82, 2.24) is 15.0 Å². The number of aliphatic hydroxyl groups excluding tert-OH is 1. The van der Waals surface area contributed by atoms with E-state index in [2.05, 4.69) is 20.3 Å². The number of aromatic nitrogens is 3. The molecule has 1 aliphatic carbocycles. The summed E-state index contributed by atoms with van der Waals surface area (Å²) in [6.07, 6.45) is 3.32. The number of nitrogens with zero attached hydrogens (tertiary/aromatic N) is 6. The zero-order chi connectivity index (χ0) is 15.5. The minimum atomic E-state index is -0.185. The Hall–Kier alpha value is -2.37. The molecule has 0 unspecified atom stereocenters. The van der Waals surface area contributed by atoms with Gasteiger partial charge in [0.2, 0.25) is 0 Å². The lowest BCUT2D eigenvalue weighted by Gasteiger charge is -2.14. The Balaban J connectivity index is 1.86. The molecule has 0 saturated heterocycles. The van der Waals surface area contributed by atoms with E-state index in [1.54, 1.807) is 4.68 Å². The van der Waals surface area contributed by atoms with Gasteiger partial charge >= 0.3 is 0 Å². The van der Waals surface area contributed by atoms with Gasteiger partial charge < -0.3 is 5.11 Å². The summed E-state index contributed by atoms with van der Waals surface area (Å²) in [5.74, 6) is 0.146. The topological polar surface area (TPSA) is 99.7 Å². The molecular weight excluding hydrogens is 280 g/mol. The third kappa shape index (κ3) is 2.81. The van der Waals surface area contributed by atoms with Gasteiger partial charge in [0.1, 0.15) is 5.69 Å². The standard InChI is InChI=1S/C15H18N6O/c1-10-2-4-12(5-3-10)14-8-21(20-18-14)15-7-11(9-22)6-13(15)17-19-16/h2-5,8,11,13,15,22H,6-7,9H2,1H3/t11-,13+,15-/m0/s1. The Morgan fingerprint density at radius 2 is 2.14 bits per heavy atom. The van der Waals surface area contributed by atoms with Crippen LogP contribution >= 0.6 is 0 Å². The number of azide groups is 1. The maximum atomic E-state index is 9.35. The van der Waals surface area contributed by atoms with Crippen molar-refractivity contribution >= 4 is 0 Å². The van der Waals surface area contributed by atoms with Gasteiger partial charge in [0.25, 0.3) is 0 Å². The van der Waals surface area contributed by atoms with E-state index in [1.807, 2.05) is 37.4 Å². The van der Waals surface area contributed by atoms with Crippen LogP contribution in [0.2, 0.25) is 0 Å². The highest BCUT2D eigenvalue weighted by molar-refractivity contribution is 5.57. The molecule has 22 heavy (non-hydrogen) atoms.